The van der Waals surface area contributed by atoms with Crippen LogP contribution in [0.3, 0.4) is 0 Å². The van der Waals surface area contributed by atoms with Gasteiger partial charge in [-0.05, 0) is 43.2 Å². The number of aryl methyl sites for hydroxylation is 1. The molecule has 0 heterocycles. The van der Waals surface area contributed by atoms with Crippen molar-refractivity contribution in [2.45, 2.75) is 19.8 Å². The average molecular weight is 342 g/mol. The lowest BCUT2D eigenvalue weighted by molar-refractivity contribution is -0.143. The molecule has 132 valence electrons. The number of ketones is 1. The molecule has 0 bridgehead atoms. The Hall–Kier alpha value is -2.82. The monoisotopic (exact) mass is 342 g/mol. The van der Waals surface area contributed by atoms with Gasteiger partial charge in [0.05, 0.1) is 13.7 Å². The van der Waals surface area contributed by atoms with Gasteiger partial charge in [-0.2, -0.15) is 0 Å². The lowest BCUT2D eigenvalue weighted by Gasteiger charge is -2.08. The maximum absolute atomic E-state index is 12.2. The fourth-order valence-electron chi connectivity index (χ4n) is 2.26. The van der Waals surface area contributed by atoms with Crippen LogP contribution < -0.4 is 9.47 Å². The molecule has 2 aromatic rings. The van der Waals surface area contributed by atoms with Crippen LogP contribution in [0, 0.1) is 0 Å². The van der Waals surface area contributed by atoms with Crippen molar-refractivity contribution in [3.63, 3.8) is 0 Å². The Bertz CT molecular complexity index is 706. The lowest BCUT2D eigenvalue weighted by atomic mass is 10.1. The van der Waals surface area contributed by atoms with Gasteiger partial charge in [0.25, 0.3) is 0 Å². The van der Waals surface area contributed by atoms with E-state index in [9.17, 15) is 9.59 Å². The normalized spacial score (nSPS) is 10.2. The highest BCUT2D eigenvalue weighted by molar-refractivity contribution is 5.97. The molecule has 0 saturated carbocycles. The summed E-state index contributed by atoms with van der Waals surface area (Å²) in [5.74, 6) is 0.921. The molecule has 0 aliphatic carbocycles. The van der Waals surface area contributed by atoms with Gasteiger partial charge in [0.2, 0.25) is 0 Å². The Balaban J connectivity index is 1.84. The molecule has 0 fully saturated rings. The van der Waals surface area contributed by atoms with Crippen LogP contribution in [0.25, 0.3) is 0 Å². The Morgan fingerprint density at radius 1 is 1.00 bits per heavy atom. The Labute approximate surface area is 147 Å². The first-order valence-corrected chi connectivity index (χ1v) is 8.17. The zero-order valence-electron chi connectivity index (χ0n) is 14.5. The molecule has 0 spiro atoms. The van der Waals surface area contributed by atoms with E-state index in [1.54, 1.807) is 50.4 Å². The number of carbonyl (C=O) groups excluding carboxylic acids is 2. The smallest absolute Gasteiger partial charge is 0.306 e. The minimum Gasteiger partial charge on any atom is -0.497 e. The molecule has 0 unspecified atom stereocenters. The Kier molecular flexibility index (Phi) is 7.01. The Morgan fingerprint density at radius 2 is 1.76 bits per heavy atom. The van der Waals surface area contributed by atoms with Crippen LogP contribution in [0.5, 0.6) is 11.5 Å². The second-order valence-corrected chi connectivity index (χ2v) is 5.39. The first kappa shape index (κ1) is 18.5. The van der Waals surface area contributed by atoms with E-state index in [0.29, 0.717) is 36.5 Å². The van der Waals surface area contributed by atoms with Gasteiger partial charge in [0.15, 0.2) is 12.4 Å². The standard InChI is InChI=1S/C20H22O5/c1-3-24-20(22)12-9-15-7-10-17(11-8-15)25-14-19(21)16-5-4-6-18(13-16)23-2/h4-8,10-11,13H,3,9,12,14H2,1-2H3. The van der Waals surface area contributed by atoms with Crippen molar-refractivity contribution in [2.24, 2.45) is 0 Å². The number of ether oxygens (including phenoxy) is 3. The molecule has 25 heavy (non-hydrogen) atoms. The molecule has 0 N–H and O–H groups in total. The van der Waals surface area contributed by atoms with Crippen LogP contribution in [0.2, 0.25) is 0 Å². The van der Waals surface area contributed by atoms with Crippen molar-refractivity contribution in [2.75, 3.05) is 20.3 Å². The largest absolute Gasteiger partial charge is 0.497 e. The summed E-state index contributed by atoms with van der Waals surface area (Å²) in [6.07, 6.45) is 0.963. The number of carbonyl (C=O) groups is 2. The van der Waals surface area contributed by atoms with Crippen molar-refractivity contribution in [3.8, 4) is 11.5 Å². The van der Waals surface area contributed by atoms with E-state index < -0.39 is 0 Å². The third kappa shape index (κ3) is 5.95. The number of benzene rings is 2. The number of methoxy groups -OCH3 is 1. The highest BCUT2D eigenvalue weighted by Crippen LogP contribution is 2.16. The molecule has 2 rings (SSSR count). The van der Waals surface area contributed by atoms with Gasteiger partial charge in [-0.3, -0.25) is 9.59 Å². The molecule has 2 aromatic carbocycles. The summed E-state index contributed by atoms with van der Waals surface area (Å²) in [4.78, 5) is 23.5. The van der Waals surface area contributed by atoms with Crippen molar-refractivity contribution < 1.29 is 23.8 Å². The van der Waals surface area contributed by atoms with Gasteiger partial charge in [0.1, 0.15) is 11.5 Å². The van der Waals surface area contributed by atoms with Gasteiger partial charge < -0.3 is 14.2 Å². The second-order valence-electron chi connectivity index (χ2n) is 5.39. The number of Topliss-reactive ketones (excluding diaryl/α,β-unsaturated/α-hetero) is 1. The zero-order valence-corrected chi connectivity index (χ0v) is 14.5. The summed E-state index contributed by atoms with van der Waals surface area (Å²) in [6.45, 7) is 2.14. The van der Waals surface area contributed by atoms with Crippen molar-refractivity contribution >= 4 is 11.8 Å². The van der Waals surface area contributed by atoms with E-state index in [2.05, 4.69) is 0 Å². The lowest BCUT2D eigenvalue weighted by Crippen LogP contribution is -2.11. The first-order valence-electron chi connectivity index (χ1n) is 8.17. The molecule has 5 nitrogen and oxygen atoms in total. The van der Waals surface area contributed by atoms with Gasteiger partial charge in [-0.1, -0.05) is 24.3 Å². The van der Waals surface area contributed by atoms with Gasteiger partial charge in [-0.15, -0.1) is 0 Å². The number of rotatable bonds is 9. The van der Waals surface area contributed by atoms with Crippen LogP contribution in [0.1, 0.15) is 29.3 Å². The van der Waals surface area contributed by atoms with Crippen LogP contribution in [0.4, 0.5) is 0 Å². The molecule has 0 amide bonds. The quantitative estimate of drug-likeness (QED) is 0.516. The fraction of sp³-hybridized carbons (Fsp3) is 0.300. The van der Waals surface area contributed by atoms with E-state index in [1.807, 2.05) is 12.1 Å². The molecule has 0 aliphatic heterocycles. The van der Waals surface area contributed by atoms with Gasteiger partial charge >= 0.3 is 5.97 Å². The Morgan fingerprint density at radius 3 is 2.44 bits per heavy atom. The third-order valence-corrected chi connectivity index (χ3v) is 3.61. The summed E-state index contributed by atoms with van der Waals surface area (Å²) in [6, 6.07) is 14.3. The molecule has 0 atom stereocenters. The van der Waals surface area contributed by atoms with Crippen LogP contribution >= 0.6 is 0 Å². The van der Waals surface area contributed by atoms with Crippen LogP contribution in [-0.4, -0.2) is 32.1 Å². The van der Waals surface area contributed by atoms with Crippen LogP contribution in [0.15, 0.2) is 48.5 Å². The number of hydrogen-bond donors (Lipinski definition) is 0. The van der Waals surface area contributed by atoms with Crippen molar-refractivity contribution in [1.29, 1.82) is 0 Å². The second kappa shape index (κ2) is 9.47. The molecule has 0 radical (unpaired) electrons. The number of esters is 1. The van der Waals surface area contributed by atoms with Crippen LogP contribution in [-0.2, 0) is 16.0 Å². The molecule has 0 saturated heterocycles. The van der Waals surface area contributed by atoms with Gasteiger partial charge in [-0.25, -0.2) is 0 Å². The summed E-state index contributed by atoms with van der Waals surface area (Å²) in [7, 11) is 1.56. The molecular formula is C20H22O5. The summed E-state index contributed by atoms with van der Waals surface area (Å²) in [5.41, 5.74) is 1.56. The topological polar surface area (TPSA) is 61.8 Å². The predicted octanol–water partition coefficient (Wildman–Crippen LogP) is 3.45. The van der Waals surface area contributed by atoms with E-state index >= 15 is 0 Å². The maximum atomic E-state index is 12.2. The molecular weight excluding hydrogens is 320 g/mol. The van der Waals surface area contributed by atoms with Crippen molar-refractivity contribution in [1.82, 2.24) is 0 Å². The first-order chi connectivity index (χ1) is 12.1. The van der Waals surface area contributed by atoms with E-state index in [4.69, 9.17) is 14.2 Å². The number of hydrogen-bond acceptors (Lipinski definition) is 5. The highest BCUT2D eigenvalue weighted by atomic mass is 16.5. The zero-order chi connectivity index (χ0) is 18.1. The van der Waals surface area contributed by atoms with E-state index in [0.717, 1.165) is 5.56 Å². The van der Waals surface area contributed by atoms with Gasteiger partial charge in [0, 0.05) is 12.0 Å². The third-order valence-electron chi connectivity index (χ3n) is 3.61. The molecule has 0 aliphatic rings. The minimum absolute atomic E-state index is 0.0463. The van der Waals surface area contributed by atoms with E-state index in [1.165, 1.54) is 0 Å². The maximum Gasteiger partial charge on any atom is 0.306 e. The summed E-state index contributed by atoms with van der Waals surface area (Å²) < 4.78 is 15.5. The SMILES string of the molecule is CCOC(=O)CCc1ccc(OCC(=O)c2cccc(OC)c2)cc1. The fourth-order valence-corrected chi connectivity index (χ4v) is 2.26. The highest BCUT2D eigenvalue weighted by Gasteiger charge is 2.08. The molecule has 0 aromatic heterocycles. The van der Waals surface area contributed by atoms with Crippen molar-refractivity contribution in [3.05, 3.63) is 59.7 Å². The minimum atomic E-state index is -0.202. The van der Waals surface area contributed by atoms with E-state index in [-0.39, 0.29) is 18.4 Å². The predicted molar refractivity (Wildman–Crippen MR) is 94.2 cm³/mol. The molecule has 5 heteroatoms. The summed E-state index contributed by atoms with van der Waals surface area (Å²) in [5, 5.41) is 0. The summed E-state index contributed by atoms with van der Waals surface area (Å²) >= 11 is 0. The average Bonchev–Trinajstić information content (AvgIpc) is 2.65.